The third-order valence-electron chi connectivity index (χ3n) is 3.43. The monoisotopic (exact) mass is 260 g/mol. The molecule has 0 aromatic heterocycles. The van der Waals surface area contributed by atoms with Crippen molar-refractivity contribution in [2.45, 2.75) is 40.0 Å². The van der Waals surface area contributed by atoms with Gasteiger partial charge in [-0.3, -0.25) is 14.4 Å². The summed E-state index contributed by atoms with van der Waals surface area (Å²) in [5.74, 6) is -1.28. The molecule has 0 spiro atoms. The lowest BCUT2D eigenvalue weighted by atomic mass is 9.75. The summed E-state index contributed by atoms with van der Waals surface area (Å²) in [6, 6.07) is 9.61. The smallest absolute Gasteiger partial charge is 0.206 e. The summed E-state index contributed by atoms with van der Waals surface area (Å²) in [5.41, 5.74) is 0.296. The predicted molar refractivity (Wildman–Crippen MR) is 73.9 cm³/mol. The fraction of sp³-hybridized carbons (Fsp3) is 0.438. The van der Waals surface area contributed by atoms with E-state index in [0.29, 0.717) is 12.8 Å². The Morgan fingerprint density at radius 1 is 1.11 bits per heavy atom. The summed E-state index contributed by atoms with van der Waals surface area (Å²) in [5, 5.41) is 0. The molecule has 1 aromatic carbocycles. The molecular formula is C16H20O3. The van der Waals surface area contributed by atoms with Crippen LogP contribution in [-0.2, 0) is 20.8 Å². The molecule has 19 heavy (non-hydrogen) atoms. The Balaban J connectivity index is 2.88. The van der Waals surface area contributed by atoms with Crippen LogP contribution in [-0.4, -0.2) is 17.3 Å². The van der Waals surface area contributed by atoms with Gasteiger partial charge in [-0.1, -0.05) is 44.2 Å². The number of carbonyl (C=O) groups is 3. The lowest BCUT2D eigenvalue weighted by Crippen LogP contribution is -2.36. The van der Waals surface area contributed by atoms with Gasteiger partial charge in [-0.2, -0.15) is 0 Å². The summed E-state index contributed by atoms with van der Waals surface area (Å²) in [7, 11) is 0. The van der Waals surface area contributed by atoms with E-state index in [1.807, 2.05) is 37.3 Å². The van der Waals surface area contributed by atoms with E-state index in [4.69, 9.17) is 0 Å². The van der Waals surface area contributed by atoms with Crippen molar-refractivity contribution in [3.8, 4) is 0 Å². The van der Waals surface area contributed by atoms with Crippen molar-refractivity contribution in [3.63, 3.8) is 0 Å². The Hall–Kier alpha value is -1.77. The largest absolute Gasteiger partial charge is 0.300 e. The topological polar surface area (TPSA) is 51.2 Å². The third kappa shape index (κ3) is 4.12. The van der Waals surface area contributed by atoms with Crippen LogP contribution in [0.3, 0.4) is 0 Å². The first-order chi connectivity index (χ1) is 8.89. The van der Waals surface area contributed by atoms with Gasteiger partial charge in [-0.05, 0) is 25.3 Å². The molecule has 3 heteroatoms. The molecule has 0 aliphatic carbocycles. The van der Waals surface area contributed by atoms with Crippen LogP contribution in [0.2, 0.25) is 0 Å². The zero-order valence-corrected chi connectivity index (χ0v) is 11.7. The van der Waals surface area contributed by atoms with Crippen LogP contribution >= 0.6 is 0 Å². The Kier molecular flexibility index (Phi) is 5.16. The van der Waals surface area contributed by atoms with E-state index in [2.05, 4.69) is 0 Å². The second kappa shape index (κ2) is 6.41. The summed E-state index contributed by atoms with van der Waals surface area (Å²) in [6.07, 6.45) is 0.806. The van der Waals surface area contributed by atoms with Gasteiger partial charge in [0.25, 0.3) is 0 Å². The van der Waals surface area contributed by atoms with Gasteiger partial charge in [0.15, 0.2) is 0 Å². The summed E-state index contributed by atoms with van der Waals surface area (Å²) in [4.78, 5) is 35.0. The second-order valence-corrected chi connectivity index (χ2v) is 5.21. The zero-order chi connectivity index (χ0) is 14.5. The van der Waals surface area contributed by atoms with Crippen LogP contribution in [0, 0.1) is 5.41 Å². The average molecular weight is 260 g/mol. The lowest BCUT2D eigenvalue weighted by molar-refractivity contribution is -0.143. The van der Waals surface area contributed by atoms with Gasteiger partial charge < -0.3 is 0 Å². The van der Waals surface area contributed by atoms with Gasteiger partial charge in [-0.15, -0.1) is 0 Å². The minimum Gasteiger partial charge on any atom is -0.300 e. The molecule has 102 valence electrons. The number of hydrogen-bond acceptors (Lipinski definition) is 3. The van der Waals surface area contributed by atoms with Gasteiger partial charge in [-0.25, -0.2) is 0 Å². The predicted octanol–water partition coefficient (Wildman–Crippen LogP) is 2.76. The van der Waals surface area contributed by atoms with Crippen molar-refractivity contribution in [2.75, 3.05) is 0 Å². The lowest BCUT2D eigenvalue weighted by Gasteiger charge is -2.25. The minimum absolute atomic E-state index is 0.267. The number of rotatable bonds is 7. The van der Waals surface area contributed by atoms with Crippen LogP contribution in [0.1, 0.15) is 39.2 Å². The zero-order valence-electron chi connectivity index (χ0n) is 11.7. The van der Waals surface area contributed by atoms with Gasteiger partial charge in [0.05, 0.1) is 6.42 Å². The Bertz CT molecular complexity index is 476. The molecule has 0 N–H and O–H groups in total. The maximum atomic E-state index is 12.2. The molecule has 0 bridgehead atoms. The molecule has 0 radical (unpaired) electrons. The van der Waals surface area contributed by atoms with E-state index in [-0.39, 0.29) is 12.2 Å². The van der Waals surface area contributed by atoms with E-state index >= 15 is 0 Å². The molecule has 0 fully saturated rings. The molecular weight excluding hydrogens is 240 g/mol. The summed E-state index contributed by atoms with van der Waals surface area (Å²) >= 11 is 0. The number of benzene rings is 1. The summed E-state index contributed by atoms with van der Waals surface area (Å²) in [6.45, 7) is 5.01. The van der Waals surface area contributed by atoms with Crippen molar-refractivity contribution in [1.29, 1.82) is 0 Å². The molecule has 0 aliphatic heterocycles. The fourth-order valence-electron chi connectivity index (χ4n) is 2.06. The SMILES string of the molecule is CCC(C)(Cc1ccccc1)C(=O)C(=O)CC(C)=O. The highest BCUT2D eigenvalue weighted by atomic mass is 16.2. The molecule has 1 rings (SSSR count). The minimum atomic E-state index is -0.728. The molecule has 1 aromatic rings. The van der Waals surface area contributed by atoms with Crippen LogP contribution in [0.15, 0.2) is 30.3 Å². The molecule has 0 amide bonds. The molecule has 1 atom stereocenters. The van der Waals surface area contributed by atoms with Crippen molar-refractivity contribution < 1.29 is 14.4 Å². The number of carbonyl (C=O) groups excluding carboxylic acids is 3. The number of hydrogen-bond donors (Lipinski definition) is 0. The van der Waals surface area contributed by atoms with E-state index < -0.39 is 17.0 Å². The average Bonchev–Trinajstić information content (AvgIpc) is 2.38. The second-order valence-electron chi connectivity index (χ2n) is 5.21. The fourth-order valence-corrected chi connectivity index (χ4v) is 2.06. The maximum Gasteiger partial charge on any atom is 0.206 e. The third-order valence-corrected chi connectivity index (χ3v) is 3.43. The molecule has 0 aliphatic rings. The Morgan fingerprint density at radius 2 is 1.68 bits per heavy atom. The van der Waals surface area contributed by atoms with Crippen molar-refractivity contribution in [1.82, 2.24) is 0 Å². The molecule has 0 saturated heterocycles. The highest BCUT2D eigenvalue weighted by Crippen LogP contribution is 2.28. The van der Waals surface area contributed by atoms with Gasteiger partial charge in [0, 0.05) is 5.41 Å². The van der Waals surface area contributed by atoms with E-state index in [1.54, 1.807) is 6.92 Å². The molecule has 3 nitrogen and oxygen atoms in total. The quantitative estimate of drug-likeness (QED) is 0.559. The van der Waals surface area contributed by atoms with Crippen LogP contribution in [0.4, 0.5) is 0 Å². The first-order valence-electron chi connectivity index (χ1n) is 6.50. The maximum absolute atomic E-state index is 12.2. The highest BCUT2D eigenvalue weighted by Gasteiger charge is 2.35. The van der Waals surface area contributed by atoms with Gasteiger partial charge in [0.1, 0.15) is 5.78 Å². The van der Waals surface area contributed by atoms with Crippen LogP contribution < -0.4 is 0 Å². The Morgan fingerprint density at radius 3 is 2.16 bits per heavy atom. The molecule has 1 unspecified atom stereocenters. The van der Waals surface area contributed by atoms with Gasteiger partial charge in [0.2, 0.25) is 11.6 Å². The Labute approximate surface area is 114 Å². The summed E-state index contributed by atoms with van der Waals surface area (Å²) < 4.78 is 0. The van der Waals surface area contributed by atoms with E-state index in [0.717, 1.165) is 5.56 Å². The van der Waals surface area contributed by atoms with Crippen molar-refractivity contribution >= 4 is 17.3 Å². The van der Waals surface area contributed by atoms with E-state index in [1.165, 1.54) is 6.92 Å². The molecule has 0 saturated carbocycles. The first-order valence-corrected chi connectivity index (χ1v) is 6.50. The van der Waals surface area contributed by atoms with Crippen molar-refractivity contribution in [3.05, 3.63) is 35.9 Å². The molecule has 0 heterocycles. The standard InChI is InChI=1S/C16H20O3/c1-4-16(3,11-13-8-6-5-7-9-13)15(19)14(18)10-12(2)17/h5-9H,4,10-11H2,1-3H3. The van der Waals surface area contributed by atoms with Crippen LogP contribution in [0.5, 0.6) is 0 Å². The number of Topliss-reactive ketones (excluding diaryl/α,β-unsaturated/α-hetero) is 3. The first kappa shape index (κ1) is 15.3. The number of ketones is 3. The normalized spacial score (nSPS) is 13.6. The van der Waals surface area contributed by atoms with Crippen molar-refractivity contribution in [2.24, 2.45) is 5.41 Å². The highest BCUT2D eigenvalue weighted by molar-refractivity contribution is 6.41. The van der Waals surface area contributed by atoms with E-state index in [9.17, 15) is 14.4 Å². The van der Waals surface area contributed by atoms with Crippen LogP contribution in [0.25, 0.3) is 0 Å². The van der Waals surface area contributed by atoms with Gasteiger partial charge >= 0.3 is 0 Å².